The van der Waals surface area contributed by atoms with E-state index in [1.165, 1.54) is 0 Å². The molecule has 0 aliphatic heterocycles. The fourth-order valence-corrected chi connectivity index (χ4v) is 2.61. The summed E-state index contributed by atoms with van der Waals surface area (Å²) in [5.41, 5.74) is -0.980. The van der Waals surface area contributed by atoms with Gasteiger partial charge in [0.2, 0.25) is 0 Å². The van der Waals surface area contributed by atoms with E-state index in [-0.39, 0.29) is 0 Å². The number of carbonyl (C=O) groups excluding carboxylic acids is 1. The van der Waals surface area contributed by atoms with Crippen LogP contribution >= 0.6 is 31.9 Å². The fourth-order valence-electron chi connectivity index (χ4n) is 1.47. The minimum atomic E-state index is -0.504. The van der Waals surface area contributed by atoms with E-state index in [0.29, 0.717) is 6.54 Å². The van der Waals surface area contributed by atoms with Crippen LogP contribution in [0.15, 0.2) is 15.3 Å². The number of carbonyl (C=O) groups is 1. The highest BCUT2D eigenvalue weighted by molar-refractivity contribution is 9.11. The van der Waals surface area contributed by atoms with E-state index in [0.717, 1.165) is 9.21 Å². The van der Waals surface area contributed by atoms with E-state index >= 15 is 0 Å². The summed E-state index contributed by atoms with van der Waals surface area (Å²) in [7, 11) is 0. The van der Waals surface area contributed by atoms with Crippen LogP contribution in [0.2, 0.25) is 0 Å². The minimum absolute atomic E-state index is 0.431. The summed E-state index contributed by atoms with van der Waals surface area (Å²) >= 11 is 6.72. The molecule has 0 fully saturated rings. The molecule has 0 radical (unpaired) electrons. The molecule has 1 amide bonds. The van der Waals surface area contributed by atoms with Crippen LogP contribution in [0.1, 0.15) is 34.6 Å². The summed E-state index contributed by atoms with van der Waals surface area (Å²) in [6, 6.07) is 1.85. The highest BCUT2D eigenvalue weighted by Crippen LogP contribution is 2.19. The highest BCUT2D eigenvalue weighted by atomic mass is 79.9. The molecular formula is C12H19Br2N3O2. The van der Waals surface area contributed by atoms with Gasteiger partial charge in [0.15, 0.2) is 0 Å². The minimum Gasteiger partial charge on any atom is -0.444 e. The lowest BCUT2D eigenvalue weighted by Crippen LogP contribution is -2.48. The molecule has 19 heavy (non-hydrogen) atoms. The largest absolute Gasteiger partial charge is 0.444 e. The molecular weight excluding hydrogens is 378 g/mol. The van der Waals surface area contributed by atoms with E-state index in [4.69, 9.17) is 4.74 Å². The average Bonchev–Trinajstić information content (AvgIpc) is 2.38. The van der Waals surface area contributed by atoms with Gasteiger partial charge in [-0.2, -0.15) is 5.10 Å². The summed E-state index contributed by atoms with van der Waals surface area (Å²) in [6.45, 7) is 9.86. The Bertz CT molecular complexity index is 464. The van der Waals surface area contributed by atoms with Crippen LogP contribution < -0.4 is 5.32 Å². The van der Waals surface area contributed by atoms with Crippen LogP contribution in [0, 0.1) is 0 Å². The molecule has 0 saturated heterocycles. The Hall–Kier alpha value is -0.560. The Morgan fingerprint density at radius 3 is 2.37 bits per heavy atom. The van der Waals surface area contributed by atoms with Crippen molar-refractivity contribution in [2.75, 3.05) is 0 Å². The molecule has 7 heteroatoms. The molecule has 0 unspecified atom stereocenters. The number of halogens is 2. The molecule has 1 heterocycles. The first-order chi connectivity index (χ1) is 8.48. The molecule has 1 aromatic rings. The lowest BCUT2D eigenvalue weighted by Gasteiger charge is -2.28. The van der Waals surface area contributed by atoms with Crippen LogP contribution in [0.5, 0.6) is 0 Å². The van der Waals surface area contributed by atoms with Gasteiger partial charge in [0, 0.05) is 6.07 Å². The van der Waals surface area contributed by atoms with Crippen LogP contribution in [0.25, 0.3) is 0 Å². The van der Waals surface area contributed by atoms with Crippen molar-refractivity contribution in [1.82, 2.24) is 15.1 Å². The van der Waals surface area contributed by atoms with Crippen LogP contribution in [-0.2, 0) is 11.3 Å². The lowest BCUT2D eigenvalue weighted by molar-refractivity contribution is 0.0461. The first-order valence-corrected chi connectivity index (χ1v) is 7.47. The highest BCUT2D eigenvalue weighted by Gasteiger charge is 2.26. The van der Waals surface area contributed by atoms with Gasteiger partial charge in [-0.1, -0.05) is 0 Å². The van der Waals surface area contributed by atoms with Gasteiger partial charge in [-0.3, -0.25) is 4.68 Å². The van der Waals surface area contributed by atoms with Gasteiger partial charge in [0.1, 0.15) is 14.8 Å². The zero-order valence-corrected chi connectivity index (χ0v) is 14.9. The maximum Gasteiger partial charge on any atom is 0.408 e. The summed E-state index contributed by atoms with van der Waals surface area (Å²) in [6.07, 6.45) is -0.431. The predicted molar refractivity (Wildman–Crippen MR) is 81.1 cm³/mol. The topological polar surface area (TPSA) is 56.2 Å². The average molecular weight is 397 g/mol. The predicted octanol–water partition coefficient (Wildman–Crippen LogP) is 3.71. The zero-order valence-electron chi connectivity index (χ0n) is 11.8. The molecule has 1 aromatic heterocycles. The first kappa shape index (κ1) is 16.5. The molecule has 0 saturated carbocycles. The smallest absolute Gasteiger partial charge is 0.408 e. The number of nitrogens with zero attached hydrogens (tertiary/aromatic N) is 2. The number of nitrogens with one attached hydrogen (secondary N) is 1. The van der Waals surface area contributed by atoms with Crippen molar-refractivity contribution in [3.8, 4) is 0 Å². The second kappa shape index (κ2) is 5.83. The second-order valence-electron chi connectivity index (χ2n) is 5.96. The van der Waals surface area contributed by atoms with Crippen LogP contribution in [0.4, 0.5) is 4.79 Å². The Morgan fingerprint density at radius 2 is 1.95 bits per heavy atom. The van der Waals surface area contributed by atoms with E-state index in [1.807, 2.05) is 40.7 Å². The number of rotatable bonds is 3. The van der Waals surface area contributed by atoms with Crippen molar-refractivity contribution in [3.63, 3.8) is 0 Å². The molecule has 0 aromatic carbocycles. The number of ether oxygens (including phenoxy) is 1. The third-order valence-electron chi connectivity index (χ3n) is 2.09. The molecule has 0 bridgehead atoms. The summed E-state index contributed by atoms with van der Waals surface area (Å²) in [5, 5.41) is 7.11. The number of alkyl carbamates (subject to hydrolysis) is 1. The third kappa shape index (κ3) is 5.95. The number of amides is 1. The van der Waals surface area contributed by atoms with Gasteiger partial charge in [-0.25, -0.2) is 4.79 Å². The van der Waals surface area contributed by atoms with Crippen molar-refractivity contribution in [1.29, 1.82) is 0 Å². The molecule has 0 atom stereocenters. The quantitative estimate of drug-likeness (QED) is 0.847. The Kier molecular flexibility index (Phi) is 5.06. The van der Waals surface area contributed by atoms with Gasteiger partial charge < -0.3 is 10.1 Å². The summed E-state index contributed by atoms with van der Waals surface area (Å²) in [5.74, 6) is 0. The molecule has 108 valence electrons. The summed E-state index contributed by atoms with van der Waals surface area (Å²) in [4.78, 5) is 11.8. The van der Waals surface area contributed by atoms with Crippen molar-refractivity contribution >= 4 is 38.0 Å². The molecule has 0 aliphatic rings. The van der Waals surface area contributed by atoms with E-state index < -0.39 is 17.2 Å². The van der Waals surface area contributed by atoms with Gasteiger partial charge in [-0.15, -0.1) is 0 Å². The molecule has 1 rings (SSSR count). The van der Waals surface area contributed by atoms with Gasteiger partial charge in [-0.05, 0) is 66.5 Å². The van der Waals surface area contributed by atoms with Crippen molar-refractivity contribution in [2.45, 2.75) is 52.3 Å². The molecule has 0 spiro atoms. The normalized spacial score (nSPS) is 12.4. The van der Waals surface area contributed by atoms with Gasteiger partial charge >= 0.3 is 6.09 Å². The maximum atomic E-state index is 11.8. The van der Waals surface area contributed by atoms with Gasteiger partial charge in [0.25, 0.3) is 0 Å². The number of hydrogen-bond acceptors (Lipinski definition) is 3. The first-order valence-electron chi connectivity index (χ1n) is 5.88. The van der Waals surface area contributed by atoms with Crippen LogP contribution in [-0.4, -0.2) is 27.0 Å². The number of hydrogen-bond donors (Lipinski definition) is 1. The second-order valence-corrected chi connectivity index (χ2v) is 7.58. The van der Waals surface area contributed by atoms with E-state index in [1.54, 1.807) is 4.68 Å². The van der Waals surface area contributed by atoms with Crippen LogP contribution in [0.3, 0.4) is 0 Å². The molecule has 0 aliphatic carbocycles. The number of aromatic nitrogens is 2. The molecule has 5 nitrogen and oxygen atoms in total. The van der Waals surface area contributed by atoms with Gasteiger partial charge in [0.05, 0.1) is 12.1 Å². The Morgan fingerprint density at radius 1 is 1.37 bits per heavy atom. The maximum absolute atomic E-state index is 11.8. The Balaban J connectivity index is 2.66. The standard InChI is InChI=1S/C12H19Br2N3O2/c1-11(2,3)19-10(18)15-12(4,5)7-17-9(14)6-8(13)16-17/h6H,7H2,1-5H3,(H,15,18). The van der Waals surface area contributed by atoms with Crippen molar-refractivity contribution < 1.29 is 9.53 Å². The van der Waals surface area contributed by atoms with Crippen molar-refractivity contribution in [2.24, 2.45) is 0 Å². The third-order valence-corrected chi connectivity index (χ3v) is 3.11. The van der Waals surface area contributed by atoms with E-state index in [9.17, 15) is 4.79 Å². The zero-order chi connectivity index (χ0) is 14.8. The monoisotopic (exact) mass is 395 g/mol. The lowest BCUT2D eigenvalue weighted by atomic mass is 10.1. The van der Waals surface area contributed by atoms with E-state index in [2.05, 4.69) is 42.3 Å². The molecule has 1 N–H and O–H groups in total. The Labute approximate surface area is 130 Å². The SMILES string of the molecule is CC(C)(Cn1nc(Br)cc1Br)NC(=O)OC(C)(C)C. The summed E-state index contributed by atoms with van der Waals surface area (Å²) < 4.78 is 8.60. The fraction of sp³-hybridized carbons (Fsp3) is 0.667. The van der Waals surface area contributed by atoms with Crippen molar-refractivity contribution in [3.05, 3.63) is 15.3 Å².